The van der Waals surface area contributed by atoms with Gasteiger partial charge in [0.15, 0.2) is 0 Å². The third kappa shape index (κ3) is 2.62. The smallest absolute Gasteiger partial charge is 0.135 e. The molecule has 2 N–H and O–H groups in total. The minimum Gasteiger partial charge on any atom is -0.384 e. The molecule has 0 unspecified atom stereocenters. The molecule has 82 valence electrons. The van der Waals surface area contributed by atoms with Crippen molar-refractivity contribution in [1.82, 2.24) is 9.97 Å². The summed E-state index contributed by atoms with van der Waals surface area (Å²) >= 11 is 11.7. The van der Waals surface area contributed by atoms with E-state index in [2.05, 4.69) is 9.97 Å². The Kier molecular flexibility index (Phi) is 3.27. The minimum atomic E-state index is 0.463. The highest BCUT2D eigenvalue weighted by Gasteiger charge is 2.03. The molecule has 0 aliphatic carbocycles. The van der Waals surface area contributed by atoms with Gasteiger partial charge in [-0.3, -0.25) is 0 Å². The molecular formula is C11H9Cl2N3. The molecule has 1 aromatic heterocycles. The van der Waals surface area contributed by atoms with Crippen molar-refractivity contribution in [3.8, 4) is 0 Å². The van der Waals surface area contributed by atoms with Gasteiger partial charge >= 0.3 is 0 Å². The lowest BCUT2D eigenvalue weighted by Crippen LogP contribution is -1.99. The molecule has 2 aromatic rings. The van der Waals surface area contributed by atoms with E-state index in [9.17, 15) is 0 Å². The molecule has 0 fully saturated rings. The number of benzene rings is 1. The van der Waals surface area contributed by atoms with Crippen molar-refractivity contribution in [3.63, 3.8) is 0 Å². The van der Waals surface area contributed by atoms with Crippen LogP contribution in [0.2, 0.25) is 10.0 Å². The molecule has 0 amide bonds. The van der Waals surface area contributed by atoms with Gasteiger partial charge in [0, 0.05) is 12.6 Å². The second-order valence-corrected chi connectivity index (χ2v) is 4.14. The molecule has 5 heteroatoms. The number of hydrogen-bond donors (Lipinski definition) is 1. The number of nitrogens with two attached hydrogens (primary N) is 1. The maximum Gasteiger partial charge on any atom is 0.135 e. The summed E-state index contributed by atoms with van der Waals surface area (Å²) < 4.78 is 0. The van der Waals surface area contributed by atoms with Crippen LogP contribution in [-0.4, -0.2) is 9.97 Å². The monoisotopic (exact) mass is 253 g/mol. The van der Waals surface area contributed by atoms with Crippen molar-refractivity contribution in [3.05, 3.63) is 51.9 Å². The molecule has 0 saturated heterocycles. The van der Waals surface area contributed by atoms with Gasteiger partial charge in [-0.1, -0.05) is 29.3 Å². The quantitative estimate of drug-likeness (QED) is 0.896. The van der Waals surface area contributed by atoms with Crippen LogP contribution in [-0.2, 0) is 6.42 Å². The first kappa shape index (κ1) is 11.2. The van der Waals surface area contributed by atoms with Crippen molar-refractivity contribution >= 4 is 29.0 Å². The minimum absolute atomic E-state index is 0.463. The molecule has 0 aliphatic heterocycles. The van der Waals surface area contributed by atoms with Crippen LogP contribution in [0.25, 0.3) is 0 Å². The van der Waals surface area contributed by atoms with E-state index in [1.807, 2.05) is 6.07 Å². The van der Waals surface area contributed by atoms with Gasteiger partial charge in [-0.2, -0.15) is 0 Å². The Labute approximate surface area is 103 Å². The van der Waals surface area contributed by atoms with Crippen LogP contribution in [0.5, 0.6) is 0 Å². The number of hydrogen-bond acceptors (Lipinski definition) is 3. The second-order valence-electron chi connectivity index (χ2n) is 3.32. The molecule has 2 rings (SSSR count). The Morgan fingerprint density at radius 3 is 2.62 bits per heavy atom. The van der Waals surface area contributed by atoms with E-state index in [-0.39, 0.29) is 0 Å². The van der Waals surface area contributed by atoms with Crippen LogP contribution >= 0.6 is 23.2 Å². The normalized spacial score (nSPS) is 10.4. The highest BCUT2D eigenvalue weighted by molar-refractivity contribution is 6.42. The van der Waals surface area contributed by atoms with Crippen LogP contribution in [0.1, 0.15) is 11.4 Å². The zero-order chi connectivity index (χ0) is 11.5. The lowest BCUT2D eigenvalue weighted by Gasteiger charge is -2.02. The lowest BCUT2D eigenvalue weighted by atomic mass is 10.1. The summed E-state index contributed by atoms with van der Waals surface area (Å²) in [5.41, 5.74) is 6.57. The molecule has 0 aliphatic rings. The number of rotatable bonds is 2. The summed E-state index contributed by atoms with van der Waals surface area (Å²) in [7, 11) is 0. The van der Waals surface area contributed by atoms with Crippen molar-refractivity contribution in [2.45, 2.75) is 6.42 Å². The highest BCUT2D eigenvalue weighted by atomic mass is 35.5. The summed E-state index contributed by atoms with van der Waals surface area (Å²) in [4.78, 5) is 8.23. The Hall–Kier alpha value is -1.32. The van der Waals surface area contributed by atoms with Gasteiger partial charge in [0.05, 0.1) is 10.0 Å². The number of nitrogens with zero attached hydrogens (tertiary/aromatic N) is 2. The maximum absolute atomic E-state index is 5.91. The van der Waals surface area contributed by atoms with Gasteiger partial charge in [0.2, 0.25) is 0 Å². The fourth-order valence-corrected chi connectivity index (χ4v) is 1.65. The second kappa shape index (κ2) is 4.68. The summed E-state index contributed by atoms with van der Waals surface area (Å²) in [6.07, 6.45) is 2.22. The lowest BCUT2D eigenvalue weighted by molar-refractivity contribution is 0.974. The van der Waals surface area contributed by atoms with Crippen molar-refractivity contribution in [2.75, 3.05) is 5.73 Å². The number of nitrogen functional groups attached to an aromatic ring is 1. The van der Waals surface area contributed by atoms with Gasteiger partial charge in [-0.05, 0) is 23.8 Å². The van der Waals surface area contributed by atoms with Gasteiger partial charge in [-0.25, -0.2) is 9.97 Å². The predicted molar refractivity (Wildman–Crippen MR) is 65.7 cm³/mol. The Bertz CT molecular complexity index is 514. The van der Waals surface area contributed by atoms with E-state index in [4.69, 9.17) is 28.9 Å². The molecule has 1 aromatic carbocycles. The summed E-state index contributed by atoms with van der Waals surface area (Å²) in [5.74, 6) is 1.13. The Morgan fingerprint density at radius 1 is 1.12 bits per heavy atom. The third-order valence-electron chi connectivity index (χ3n) is 2.07. The fraction of sp³-hybridized carbons (Fsp3) is 0.0909. The number of anilines is 1. The Balaban J connectivity index is 2.24. The van der Waals surface area contributed by atoms with E-state index in [1.165, 1.54) is 0 Å². The number of halogens is 2. The van der Waals surface area contributed by atoms with Crippen molar-refractivity contribution in [2.24, 2.45) is 0 Å². The summed E-state index contributed by atoms with van der Waals surface area (Å²) in [6, 6.07) is 7.10. The molecule has 0 atom stereocenters. The first-order valence-corrected chi connectivity index (χ1v) is 5.42. The fourth-order valence-electron chi connectivity index (χ4n) is 1.33. The third-order valence-corrected chi connectivity index (χ3v) is 2.81. The van der Waals surface area contributed by atoms with Crippen molar-refractivity contribution in [1.29, 1.82) is 0 Å². The van der Waals surface area contributed by atoms with E-state index in [1.54, 1.807) is 24.4 Å². The Morgan fingerprint density at radius 2 is 1.94 bits per heavy atom. The summed E-state index contributed by atoms with van der Waals surface area (Å²) in [5, 5.41) is 1.07. The SMILES string of the molecule is Nc1ccnc(Cc2ccc(Cl)c(Cl)c2)n1. The number of aromatic nitrogens is 2. The van der Waals surface area contributed by atoms with Crippen LogP contribution in [0.3, 0.4) is 0 Å². The molecule has 0 bridgehead atoms. The maximum atomic E-state index is 5.91. The van der Waals surface area contributed by atoms with Crippen LogP contribution in [0, 0.1) is 0 Å². The van der Waals surface area contributed by atoms with Gasteiger partial charge < -0.3 is 5.73 Å². The van der Waals surface area contributed by atoms with Crippen LogP contribution < -0.4 is 5.73 Å². The van der Waals surface area contributed by atoms with E-state index >= 15 is 0 Å². The van der Waals surface area contributed by atoms with Gasteiger partial charge in [-0.15, -0.1) is 0 Å². The molecule has 0 radical (unpaired) electrons. The van der Waals surface area contributed by atoms with Gasteiger partial charge in [0.1, 0.15) is 11.6 Å². The van der Waals surface area contributed by atoms with E-state index in [0.29, 0.717) is 28.1 Å². The average molecular weight is 254 g/mol. The van der Waals surface area contributed by atoms with Crippen LogP contribution in [0.15, 0.2) is 30.5 Å². The van der Waals surface area contributed by atoms with Crippen LogP contribution in [0.4, 0.5) is 5.82 Å². The molecule has 1 heterocycles. The molecule has 0 saturated carbocycles. The standard InChI is InChI=1S/C11H9Cl2N3/c12-8-2-1-7(5-9(8)13)6-11-15-4-3-10(14)16-11/h1-5H,6H2,(H2,14,15,16). The topological polar surface area (TPSA) is 51.8 Å². The van der Waals surface area contributed by atoms with E-state index in [0.717, 1.165) is 5.56 Å². The first-order chi connectivity index (χ1) is 7.65. The zero-order valence-electron chi connectivity index (χ0n) is 8.32. The zero-order valence-corrected chi connectivity index (χ0v) is 9.83. The molecular weight excluding hydrogens is 245 g/mol. The average Bonchev–Trinajstić information content (AvgIpc) is 2.24. The molecule has 0 spiro atoms. The highest BCUT2D eigenvalue weighted by Crippen LogP contribution is 2.23. The predicted octanol–water partition coefficient (Wildman–Crippen LogP) is 2.96. The van der Waals surface area contributed by atoms with Crippen molar-refractivity contribution < 1.29 is 0 Å². The molecule has 3 nitrogen and oxygen atoms in total. The first-order valence-electron chi connectivity index (χ1n) is 4.66. The largest absolute Gasteiger partial charge is 0.384 e. The summed E-state index contributed by atoms with van der Waals surface area (Å²) in [6.45, 7) is 0. The van der Waals surface area contributed by atoms with E-state index < -0.39 is 0 Å². The molecule has 16 heavy (non-hydrogen) atoms. The van der Waals surface area contributed by atoms with Gasteiger partial charge in [0.25, 0.3) is 0 Å².